The standard InChI is InChI=1S/C11H19N3O/c1-14(5-6-15-2)9-10-3-4-13-11(7-10)8-12/h3-4,7H,5-6,8-9,12H2,1-2H3. The number of likely N-dealkylation sites (N-methyl/N-ethyl adjacent to an activating group) is 1. The number of ether oxygens (including phenoxy) is 1. The van der Waals surface area contributed by atoms with Gasteiger partial charge < -0.3 is 10.5 Å². The average molecular weight is 209 g/mol. The van der Waals surface area contributed by atoms with Crippen LogP contribution in [0.1, 0.15) is 11.3 Å². The molecule has 0 fully saturated rings. The van der Waals surface area contributed by atoms with Crippen LogP contribution in [-0.4, -0.2) is 37.2 Å². The Labute approximate surface area is 91.1 Å². The van der Waals surface area contributed by atoms with Gasteiger partial charge in [-0.3, -0.25) is 9.88 Å². The maximum Gasteiger partial charge on any atom is 0.0589 e. The highest BCUT2D eigenvalue weighted by Gasteiger charge is 2.00. The lowest BCUT2D eigenvalue weighted by molar-refractivity contribution is 0.158. The van der Waals surface area contributed by atoms with Crippen molar-refractivity contribution in [3.8, 4) is 0 Å². The molecule has 0 aromatic carbocycles. The minimum atomic E-state index is 0.496. The second kappa shape index (κ2) is 6.50. The fraction of sp³-hybridized carbons (Fsp3) is 0.545. The first-order valence-corrected chi connectivity index (χ1v) is 5.07. The van der Waals surface area contributed by atoms with Gasteiger partial charge in [-0.25, -0.2) is 0 Å². The summed E-state index contributed by atoms with van der Waals surface area (Å²) in [6.45, 7) is 3.08. The van der Waals surface area contributed by atoms with Crippen LogP contribution in [0.4, 0.5) is 0 Å². The zero-order valence-electron chi connectivity index (χ0n) is 9.44. The normalized spacial score (nSPS) is 10.9. The smallest absolute Gasteiger partial charge is 0.0589 e. The van der Waals surface area contributed by atoms with Crippen LogP contribution in [0.5, 0.6) is 0 Å². The number of aromatic nitrogens is 1. The van der Waals surface area contributed by atoms with Gasteiger partial charge in [0.25, 0.3) is 0 Å². The van der Waals surface area contributed by atoms with Crippen LogP contribution in [0.2, 0.25) is 0 Å². The molecule has 0 unspecified atom stereocenters. The zero-order chi connectivity index (χ0) is 11.1. The Bertz CT molecular complexity index is 291. The van der Waals surface area contributed by atoms with Crippen LogP contribution < -0.4 is 5.73 Å². The monoisotopic (exact) mass is 209 g/mol. The van der Waals surface area contributed by atoms with E-state index in [1.54, 1.807) is 7.11 Å². The molecule has 0 bridgehead atoms. The van der Waals surface area contributed by atoms with Crippen LogP contribution in [0.15, 0.2) is 18.3 Å². The van der Waals surface area contributed by atoms with Gasteiger partial charge in [-0.15, -0.1) is 0 Å². The average Bonchev–Trinajstić information content (AvgIpc) is 2.26. The summed E-state index contributed by atoms with van der Waals surface area (Å²) in [5, 5.41) is 0. The molecule has 0 atom stereocenters. The van der Waals surface area contributed by atoms with Crippen LogP contribution in [0.25, 0.3) is 0 Å². The van der Waals surface area contributed by atoms with Crippen molar-refractivity contribution >= 4 is 0 Å². The lowest BCUT2D eigenvalue weighted by Gasteiger charge is -2.16. The van der Waals surface area contributed by atoms with Crippen LogP contribution >= 0.6 is 0 Å². The Morgan fingerprint density at radius 1 is 1.53 bits per heavy atom. The van der Waals surface area contributed by atoms with E-state index in [1.807, 2.05) is 18.3 Å². The van der Waals surface area contributed by atoms with Gasteiger partial charge in [-0.1, -0.05) is 0 Å². The molecule has 84 valence electrons. The maximum absolute atomic E-state index is 5.53. The molecular formula is C11H19N3O. The first kappa shape index (κ1) is 12.1. The van der Waals surface area contributed by atoms with Crippen molar-refractivity contribution < 1.29 is 4.74 Å². The molecule has 15 heavy (non-hydrogen) atoms. The third kappa shape index (κ3) is 4.38. The van der Waals surface area contributed by atoms with E-state index in [9.17, 15) is 0 Å². The molecule has 0 saturated carbocycles. The third-order valence-electron chi connectivity index (χ3n) is 2.22. The molecule has 0 aliphatic heterocycles. The molecule has 1 aromatic heterocycles. The summed E-state index contributed by atoms with van der Waals surface area (Å²) in [6, 6.07) is 4.06. The Morgan fingerprint density at radius 3 is 3.00 bits per heavy atom. The van der Waals surface area contributed by atoms with Gasteiger partial charge in [-0.2, -0.15) is 0 Å². The molecule has 0 aliphatic carbocycles. The number of rotatable bonds is 6. The Morgan fingerprint density at radius 2 is 2.33 bits per heavy atom. The SMILES string of the molecule is COCCN(C)Cc1ccnc(CN)c1. The first-order valence-electron chi connectivity index (χ1n) is 5.07. The number of methoxy groups -OCH3 is 1. The largest absolute Gasteiger partial charge is 0.383 e. The summed E-state index contributed by atoms with van der Waals surface area (Å²) in [4.78, 5) is 6.37. The van der Waals surface area contributed by atoms with Gasteiger partial charge >= 0.3 is 0 Å². The third-order valence-corrected chi connectivity index (χ3v) is 2.22. The van der Waals surface area contributed by atoms with Crippen LogP contribution in [0.3, 0.4) is 0 Å². The van der Waals surface area contributed by atoms with Gasteiger partial charge in [0.2, 0.25) is 0 Å². The van der Waals surface area contributed by atoms with E-state index in [-0.39, 0.29) is 0 Å². The molecule has 0 aliphatic rings. The molecule has 0 spiro atoms. The van der Waals surface area contributed by atoms with Crippen molar-refractivity contribution in [2.45, 2.75) is 13.1 Å². The molecular weight excluding hydrogens is 190 g/mol. The number of hydrogen-bond donors (Lipinski definition) is 1. The fourth-order valence-corrected chi connectivity index (χ4v) is 1.38. The van der Waals surface area contributed by atoms with Gasteiger partial charge in [0, 0.05) is 32.9 Å². The number of nitrogens with two attached hydrogens (primary N) is 1. The van der Waals surface area contributed by atoms with Crippen molar-refractivity contribution in [3.63, 3.8) is 0 Å². The van der Waals surface area contributed by atoms with Crippen molar-refractivity contribution in [2.75, 3.05) is 27.3 Å². The highest BCUT2D eigenvalue weighted by Crippen LogP contribution is 2.04. The Kier molecular flexibility index (Phi) is 5.25. The predicted molar refractivity (Wildman–Crippen MR) is 60.3 cm³/mol. The Hall–Kier alpha value is -0.970. The van der Waals surface area contributed by atoms with Crippen molar-refractivity contribution in [3.05, 3.63) is 29.6 Å². The van der Waals surface area contributed by atoms with Gasteiger partial charge in [0.1, 0.15) is 0 Å². The van der Waals surface area contributed by atoms with E-state index in [2.05, 4.69) is 16.9 Å². The topological polar surface area (TPSA) is 51.4 Å². The van der Waals surface area contributed by atoms with E-state index in [0.717, 1.165) is 25.4 Å². The van der Waals surface area contributed by atoms with Crippen LogP contribution in [-0.2, 0) is 17.8 Å². The Balaban J connectivity index is 2.48. The lowest BCUT2D eigenvalue weighted by atomic mass is 10.2. The van der Waals surface area contributed by atoms with E-state index >= 15 is 0 Å². The molecule has 1 heterocycles. The summed E-state index contributed by atoms with van der Waals surface area (Å²) in [6.07, 6.45) is 1.81. The quantitative estimate of drug-likeness (QED) is 0.746. The van der Waals surface area contributed by atoms with Crippen molar-refractivity contribution in [1.29, 1.82) is 0 Å². The minimum Gasteiger partial charge on any atom is -0.383 e. The lowest BCUT2D eigenvalue weighted by Crippen LogP contribution is -2.22. The van der Waals surface area contributed by atoms with Gasteiger partial charge in [-0.05, 0) is 24.7 Å². The van der Waals surface area contributed by atoms with Gasteiger partial charge in [0.15, 0.2) is 0 Å². The molecule has 4 heteroatoms. The highest BCUT2D eigenvalue weighted by atomic mass is 16.5. The second-order valence-corrected chi connectivity index (χ2v) is 3.59. The van der Waals surface area contributed by atoms with Crippen LogP contribution in [0, 0.1) is 0 Å². The summed E-state index contributed by atoms with van der Waals surface area (Å²) in [5.41, 5.74) is 7.71. The summed E-state index contributed by atoms with van der Waals surface area (Å²) < 4.78 is 5.02. The van der Waals surface area contributed by atoms with Crippen molar-refractivity contribution in [2.24, 2.45) is 5.73 Å². The molecule has 2 N–H and O–H groups in total. The molecule has 0 saturated heterocycles. The fourth-order valence-electron chi connectivity index (χ4n) is 1.38. The second-order valence-electron chi connectivity index (χ2n) is 3.59. The molecule has 0 radical (unpaired) electrons. The summed E-state index contributed by atoms with van der Waals surface area (Å²) in [5.74, 6) is 0. The molecule has 1 aromatic rings. The van der Waals surface area contributed by atoms with E-state index in [4.69, 9.17) is 10.5 Å². The first-order chi connectivity index (χ1) is 7.26. The molecule has 1 rings (SSSR count). The number of pyridine rings is 1. The zero-order valence-corrected chi connectivity index (χ0v) is 9.44. The molecule has 4 nitrogen and oxygen atoms in total. The van der Waals surface area contributed by atoms with Gasteiger partial charge in [0.05, 0.1) is 12.3 Å². The van der Waals surface area contributed by atoms with E-state index in [1.165, 1.54) is 5.56 Å². The summed E-state index contributed by atoms with van der Waals surface area (Å²) in [7, 11) is 3.79. The number of hydrogen-bond acceptors (Lipinski definition) is 4. The summed E-state index contributed by atoms with van der Waals surface area (Å²) >= 11 is 0. The maximum atomic E-state index is 5.53. The number of nitrogens with zero attached hydrogens (tertiary/aromatic N) is 2. The van der Waals surface area contributed by atoms with E-state index in [0.29, 0.717) is 6.54 Å². The minimum absolute atomic E-state index is 0.496. The van der Waals surface area contributed by atoms with Crippen molar-refractivity contribution in [1.82, 2.24) is 9.88 Å². The predicted octanol–water partition coefficient (Wildman–Crippen LogP) is 0.619. The highest BCUT2D eigenvalue weighted by molar-refractivity contribution is 5.16. The molecule has 0 amide bonds. The van der Waals surface area contributed by atoms with E-state index < -0.39 is 0 Å².